The molecule has 1 atom stereocenters. The highest BCUT2D eigenvalue weighted by molar-refractivity contribution is 9.09. The Balaban J connectivity index is 2.62. The highest BCUT2D eigenvalue weighted by Crippen LogP contribution is 2.22. The van der Waals surface area contributed by atoms with Gasteiger partial charge in [0.05, 0.1) is 15.9 Å². The Labute approximate surface area is 85.5 Å². The van der Waals surface area contributed by atoms with Crippen molar-refractivity contribution in [2.75, 3.05) is 0 Å². The third kappa shape index (κ3) is 1.61. The van der Waals surface area contributed by atoms with Gasteiger partial charge in [-0.2, -0.15) is 0 Å². The van der Waals surface area contributed by atoms with Crippen LogP contribution < -0.4 is 0 Å². The van der Waals surface area contributed by atoms with Gasteiger partial charge in [-0.3, -0.25) is 0 Å². The van der Waals surface area contributed by atoms with Crippen LogP contribution in [0.2, 0.25) is 0 Å². The molecule has 2 nitrogen and oxygen atoms in total. The lowest BCUT2D eigenvalue weighted by Gasteiger charge is -1.93. The number of fused-ring (bicyclic) bond motifs is 1. The van der Waals surface area contributed by atoms with E-state index in [0.29, 0.717) is 0 Å². The maximum Gasteiger partial charge on any atom is 0.120 e. The molecule has 1 aromatic carbocycles. The van der Waals surface area contributed by atoms with E-state index in [1.807, 2.05) is 6.07 Å². The largest absolute Gasteiger partial charge is 0.341 e. The second kappa shape index (κ2) is 3.14. The molecule has 0 spiro atoms. The first kappa shape index (κ1) is 8.75. The summed E-state index contributed by atoms with van der Waals surface area (Å²) in [5, 5.41) is 0. The molecule has 0 aliphatic carbocycles. The molecule has 68 valence electrons. The van der Waals surface area contributed by atoms with Gasteiger partial charge in [0.15, 0.2) is 0 Å². The molecule has 0 aliphatic rings. The van der Waals surface area contributed by atoms with Crippen molar-refractivity contribution in [3.63, 3.8) is 0 Å². The molecule has 0 aliphatic heterocycles. The lowest BCUT2D eigenvalue weighted by Crippen LogP contribution is -1.84. The fourth-order valence-electron chi connectivity index (χ4n) is 1.33. The van der Waals surface area contributed by atoms with Crippen molar-refractivity contribution in [3.8, 4) is 0 Å². The van der Waals surface area contributed by atoms with Crippen molar-refractivity contribution < 1.29 is 0 Å². The van der Waals surface area contributed by atoms with E-state index in [-0.39, 0.29) is 4.83 Å². The molecular weight excluding hydrogens is 228 g/mol. The van der Waals surface area contributed by atoms with Gasteiger partial charge in [-0.05, 0) is 31.5 Å². The van der Waals surface area contributed by atoms with Gasteiger partial charge in [0.25, 0.3) is 0 Å². The van der Waals surface area contributed by atoms with Gasteiger partial charge >= 0.3 is 0 Å². The number of rotatable bonds is 1. The summed E-state index contributed by atoms with van der Waals surface area (Å²) < 4.78 is 0. The van der Waals surface area contributed by atoms with Gasteiger partial charge in [0.1, 0.15) is 5.82 Å². The SMILES string of the molecule is Cc1ccc2nc(C(C)Br)[nH]c2c1. The number of imidazole rings is 1. The normalized spacial score (nSPS) is 13.5. The molecular formula is C10H11BrN2. The van der Waals surface area contributed by atoms with Crippen molar-refractivity contribution in [2.45, 2.75) is 18.7 Å². The molecule has 1 aromatic heterocycles. The summed E-state index contributed by atoms with van der Waals surface area (Å²) in [4.78, 5) is 8.01. The van der Waals surface area contributed by atoms with Crippen LogP contribution in [-0.4, -0.2) is 9.97 Å². The van der Waals surface area contributed by atoms with E-state index >= 15 is 0 Å². The zero-order chi connectivity index (χ0) is 9.42. The Morgan fingerprint density at radius 2 is 2.23 bits per heavy atom. The van der Waals surface area contributed by atoms with Gasteiger partial charge in [-0.15, -0.1) is 0 Å². The first-order valence-corrected chi connectivity index (χ1v) is 5.19. The van der Waals surface area contributed by atoms with Crippen molar-refractivity contribution in [3.05, 3.63) is 29.6 Å². The Morgan fingerprint density at radius 3 is 2.92 bits per heavy atom. The van der Waals surface area contributed by atoms with Crippen LogP contribution in [0, 0.1) is 6.92 Å². The summed E-state index contributed by atoms with van der Waals surface area (Å²) in [6, 6.07) is 6.23. The van der Waals surface area contributed by atoms with E-state index in [1.54, 1.807) is 0 Å². The quantitative estimate of drug-likeness (QED) is 0.759. The Kier molecular flexibility index (Phi) is 2.12. The van der Waals surface area contributed by atoms with Gasteiger partial charge in [-0.25, -0.2) is 4.98 Å². The van der Waals surface area contributed by atoms with Gasteiger partial charge < -0.3 is 4.98 Å². The zero-order valence-electron chi connectivity index (χ0n) is 7.63. The van der Waals surface area contributed by atoms with Crippen molar-refractivity contribution in [1.82, 2.24) is 9.97 Å². The number of nitrogens with zero attached hydrogens (tertiary/aromatic N) is 1. The minimum atomic E-state index is 0.278. The minimum absolute atomic E-state index is 0.278. The number of aromatic nitrogens is 2. The molecule has 0 saturated heterocycles. The Bertz CT molecular complexity index is 431. The summed E-state index contributed by atoms with van der Waals surface area (Å²) in [6.07, 6.45) is 0. The average Bonchev–Trinajstić information content (AvgIpc) is 2.46. The lowest BCUT2D eigenvalue weighted by molar-refractivity contribution is 0.990. The number of nitrogens with one attached hydrogen (secondary N) is 1. The van der Waals surface area contributed by atoms with Crippen LogP contribution in [0.25, 0.3) is 11.0 Å². The van der Waals surface area contributed by atoms with Crippen LogP contribution in [-0.2, 0) is 0 Å². The van der Waals surface area contributed by atoms with Crippen LogP contribution in [0.3, 0.4) is 0 Å². The van der Waals surface area contributed by atoms with E-state index in [1.165, 1.54) is 5.56 Å². The van der Waals surface area contributed by atoms with Crippen LogP contribution in [0.15, 0.2) is 18.2 Å². The number of hydrogen-bond acceptors (Lipinski definition) is 1. The van der Waals surface area contributed by atoms with Crippen LogP contribution >= 0.6 is 15.9 Å². The van der Waals surface area contributed by atoms with E-state index < -0.39 is 0 Å². The smallest absolute Gasteiger partial charge is 0.120 e. The van der Waals surface area contributed by atoms with Crippen molar-refractivity contribution in [1.29, 1.82) is 0 Å². The van der Waals surface area contributed by atoms with E-state index in [0.717, 1.165) is 16.9 Å². The summed E-state index contributed by atoms with van der Waals surface area (Å²) >= 11 is 3.49. The molecule has 0 fully saturated rings. The molecule has 0 amide bonds. The first-order chi connectivity index (χ1) is 6.16. The molecule has 1 unspecified atom stereocenters. The highest BCUT2D eigenvalue weighted by Gasteiger charge is 2.06. The third-order valence-corrected chi connectivity index (χ3v) is 2.47. The maximum absolute atomic E-state index is 4.45. The summed E-state index contributed by atoms with van der Waals surface area (Å²) in [7, 11) is 0. The van der Waals surface area contributed by atoms with Crippen molar-refractivity contribution >= 4 is 27.0 Å². The van der Waals surface area contributed by atoms with Gasteiger partial charge in [0, 0.05) is 0 Å². The van der Waals surface area contributed by atoms with Crippen LogP contribution in [0.4, 0.5) is 0 Å². The second-order valence-electron chi connectivity index (χ2n) is 3.26. The average molecular weight is 239 g/mol. The molecule has 3 heteroatoms. The Hall–Kier alpha value is -0.830. The molecule has 13 heavy (non-hydrogen) atoms. The van der Waals surface area contributed by atoms with Gasteiger partial charge in [0.2, 0.25) is 0 Å². The fourth-order valence-corrected chi connectivity index (χ4v) is 1.55. The molecule has 0 bridgehead atoms. The molecule has 2 rings (SSSR count). The van der Waals surface area contributed by atoms with Crippen LogP contribution in [0.1, 0.15) is 23.1 Å². The molecule has 1 N–H and O–H groups in total. The van der Waals surface area contributed by atoms with Gasteiger partial charge in [-0.1, -0.05) is 22.0 Å². The number of halogens is 1. The molecule has 2 aromatic rings. The molecule has 0 radical (unpaired) electrons. The lowest BCUT2D eigenvalue weighted by atomic mass is 10.2. The number of hydrogen-bond donors (Lipinski definition) is 1. The monoisotopic (exact) mass is 238 g/mol. The summed E-state index contributed by atoms with van der Waals surface area (Å²) in [5.41, 5.74) is 3.40. The number of benzene rings is 1. The van der Waals surface area contributed by atoms with E-state index in [2.05, 4.69) is 51.9 Å². The third-order valence-electron chi connectivity index (χ3n) is 2.03. The Morgan fingerprint density at radius 1 is 1.46 bits per heavy atom. The molecule has 1 heterocycles. The zero-order valence-corrected chi connectivity index (χ0v) is 9.22. The number of aryl methyl sites for hydroxylation is 1. The van der Waals surface area contributed by atoms with Crippen LogP contribution in [0.5, 0.6) is 0 Å². The molecule has 0 saturated carbocycles. The van der Waals surface area contributed by atoms with E-state index in [4.69, 9.17) is 0 Å². The predicted octanol–water partition coefficient (Wildman–Crippen LogP) is 3.33. The minimum Gasteiger partial charge on any atom is -0.341 e. The first-order valence-electron chi connectivity index (χ1n) is 4.27. The summed E-state index contributed by atoms with van der Waals surface area (Å²) in [5.74, 6) is 0.987. The highest BCUT2D eigenvalue weighted by atomic mass is 79.9. The van der Waals surface area contributed by atoms with Crippen molar-refractivity contribution in [2.24, 2.45) is 0 Å². The number of H-pyrrole nitrogens is 1. The number of alkyl halides is 1. The topological polar surface area (TPSA) is 28.7 Å². The predicted molar refractivity (Wildman–Crippen MR) is 58.2 cm³/mol. The second-order valence-corrected chi connectivity index (χ2v) is 4.63. The summed E-state index contributed by atoms with van der Waals surface area (Å²) in [6.45, 7) is 4.14. The standard InChI is InChI=1S/C10H11BrN2/c1-6-3-4-8-9(5-6)13-10(12-8)7(2)11/h3-5,7H,1-2H3,(H,12,13). The van der Waals surface area contributed by atoms with E-state index in [9.17, 15) is 0 Å². The number of aromatic amines is 1. The maximum atomic E-state index is 4.45. The fraction of sp³-hybridized carbons (Fsp3) is 0.300.